The van der Waals surface area contributed by atoms with Gasteiger partial charge in [-0.15, -0.1) is 0 Å². The van der Waals surface area contributed by atoms with Crippen LogP contribution in [0, 0.1) is 5.92 Å². The molecule has 1 N–H and O–H groups in total. The fourth-order valence-electron chi connectivity index (χ4n) is 1.47. The van der Waals surface area contributed by atoms with Crippen LogP contribution in [0.15, 0.2) is 0 Å². The standard InChI is InChI=1S/C12H13F12NO/c1-5(2)3-4-25-7(26)9(17,18)11(21,22)12(23,24)10(19,20)8(15,16)6(13)14/h5-6H,3-4H2,1-2H3,(H,25,26). The van der Waals surface area contributed by atoms with E-state index < -0.39 is 48.5 Å². The summed E-state index contributed by atoms with van der Waals surface area (Å²) in [5.41, 5.74) is 0. The Morgan fingerprint density at radius 1 is 0.808 bits per heavy atom. The number of nitrogens with one attached hydrogen (secondary N) is 1. The third-order valence-corrected chi connectivity index (χ3v) is 3.17. The number of alkyl halides is 12. The molecule has 0 radical (unpaired) electrons. The predicted molar refractivity (Wildman–Crippen MR) is 63.2 cm³/mol. The van der Waals surface area contributed by atoms with Crippen LogP contribution in [0.1, 0.15) is 20.3 Å². The molecule has 0 spiro atoms. The van der Waals surface area contributed by atoms with Crippen molar-refractivity contribution in [2.45, 2.75) is 56.3 Å². The summed E-state index contributed by atoms with van der Waals surface area (Å²) in [5, 5.41) is 1.06. The lowest BCUT2D eigenvalue weighted by Gasteiger charge is -2.38. The summed E-state index contributed by atoms with van der Waals surface area (Å²) >= 11 is 0. The zero-order chi connectivity index (χ0) is 21.4. The molecule has 0 saturated heterocycles. The maximum Gasteiger partial charge on any atom is 0.392 e. The molecule has 0 saturated carbocycles. The molecule has 14 heteroatoms. The average molecular weight is 415 g/mol. The molecule has 0 aliphatic carbocycles. The smallest absolute Gasteiger partial charge is 0.351 e. The van der Waals surface area contributed by atoms with E-state index in [-0.39, 0.29) is 12.3 Å². The van der Waals surface area contributed by atoms with E-state index in [1.165, 1.54) is 13.8 Å². The van der Waals surface area contributed by atoms with E-state index in [1.54, 1.807) is 0 Å². The molecule has 0 rings (SSSR count). The maximum atomic E-state index is 13.3. The van der Waals surface area contributed by atoms with Crippen LogP contribution in [-0.4, -0.2) is 48.5 Å². The molecule has 0 bridgehead atoms. The second-order valence-electron chi connectivity index (χ2n) is 5.66. The SMILES string of the molecule is CC(C)CCNC(=O)C(F)(F)C(F)(F)C(F)(F)C(F)(F)C(F)(F)C(F)F. The summed E-state index contributed by atoms with van der Waals surface area (Å²) in [4.78, 5) is 11.0. The number of hydrogen-bond donors (Lipinski definition) is 1. The Morgan fingerprint density at radius 2 is 1.23 bits per heavy atom. The van der Waals surface area contributed by atoms with Gasteiger partial charge in [0.25, 0.3) is 5.91 Å². The first-order chi connectivity index (χ1) is 11.3. The highest BCUT2D eigenvalue weighted by atomic mass is 19.4. The highest BCUT2D eigenvalue weighted by molar-refractivity contribution is 5.84. The summed E-state index contributed by atoms with van der Waals surface area (Å²) in [6.07, 6.45) is -5.68. The van der Waals surface area contributed by atoms with Gasteiger partial charge >= 0.3 is 36.0 Å². The van der Waals surface area contributed by atoms with Crippen LogP contribution in [0.25, 0.3) is 0 Å². The van der Waals surface area contributed by atoms with Gasteiger partial charge in [0, 0.05) is 6.54 Å². The molecule has 0 atom stereocenters. The molecular weight excluding hydrogens is 402 g/mol. The Bertz CT molecular complexity index is 502. The van der Waals surface area contributed by atoms with Crippen LogP contribution in [-0.2, 0) is 4.79 Å². The molecule has 0 fully saturated rings. The molecule has 0 aromatic carbocycles. The van der Waals surface area contributed by atoms with Gasteiger partial charge in [-0.05, 0) is 12.3 Å². The van der Waals surface area contributed by atoms with Gasteiger partial charge in [-0.25, -0.2) is 8.78 Å². The number of carbonyl (C=O) groups is 1. The topological polar surface area (TPSA) is 29.1 Å². The summed E-state index contributed by atoms with van der Waals surface area (Å²) in [6.45, 7) is 2.22. The first-order valence-corrected chi connectivity index (χ1v) is 6.74. The van der Waals surface area contributed by atoms with Gasteiger partial charge in [0.1, 0.15) is 0 Å². The predicted octanol–water partition coefficient (Wildman–Crippen LogP) is 4.59. The van der Waals surface area contributed by atoms with E-state index in [9.17, 15) is 57.5 Å². The van der Waals surface area contributed by atoms with Gasteiger partial charge in [0.2, 0.25) is 0 Å². The fraction of sp³-hybridized carbons (Fsp3) is 0.917. The number of carbonyl (C=O) groups excluding carboxylic acids is 1. The lowest BCUT2D eigenvalue weighted by molar-refractivity contribution is -0.407. The number of hydrogen-bond acceptors (Lipinski definition) is 1. The van der Waals surface area contributed by atoms with E-state index in [0.717, 1.165) is 5.32 Å². The quantitative estimate of drug-likeness (QED) is 0.549. The van der Waals surface area contributed by atoms with Crippen LogP contribution < -0.4 is 5.32 Å². The van der Waals surface area contributed by atoms with E-state index in [4.69, 9.17) is 0 Å². The van der Waals surface area contributed by atoms with Gasteiger partial charge in [0.15, 0.2) is 0 Å². The van der Waals surface area contributed by atoms with Gasteiger partial charge < -0.3 is 5.32 Å². The number of amides is 1. The normalized spacial score (nSPS) is 14.9. The van der Waals surface area contributed by atoms with Crippen LogP contribution >= 0.6 is 0 Å². The van der Waals surface area contributed by atoms with Crippen LogP contribution in [0.4, 0.5) is 52.7 Å². The Morgan fingerprint density at radius 3 is 1.58 bits per heavy atom. The molecule has 1 amide bonds. The van der Waals surface area contributed by atoms with Gasteiger partial charge in [-0.1, -0.05) is 13.8 Å². The summed E-state index contributed by atoms with van der Waals surface area (Å²) in [6, 6.07) is 0. The maximum absolute atomic E-state index is 13.3. The number of rotatable bonds is 9. The van der Waals surface area contributed by atoms with Crippen LogP contribution in [0.3, 0.4) is 0 Å². The van der Waals surface area contributed by atoms with Crippen LogP contribution in [0.5, 0.6) is 0 Å². The zero-order valence-electron chi connectivity index (χ0n) is 13.0. The lowest BCUT2D eigenvalue weighted by atomic mass is 9.94. The van der Waals surface area contributed by atoms with E-state index in [0.29, 0.717) is 0 Å². The van der Waals surface area contributed by atoms with Crippen LogP contribution in [0.2, 0.25) is 0 Å². The van der Waals surface area contributed by atoms with Crippen molar-refractivity contribution in [1.29, 1.82) is 0 Å². The molecule has 0 aromatic heterocycles. The molecule has 0 aliphatic rings. The lowest BCUT2D eigenvalue weighted by Crippen LogP contribution is -2.70. The first kappa shape index (κ1) is 24.6. The summed E-state index contributed by atoms with van der Waals surface area (Å²) in [5.74, 6) is -39.8. The molecule has 26 heavy (non-hydrogen) atoms. The van der Waals surface area contributed by atoms with Crippen molar-refractivity contribution in [3.63, 3.8) is 0 Å². The van der Waals surface area contributed by atoms with E-state index in [2.05, 4.69) is 0 Å². The third-order valence-electron chi connectivity index (χ3n) is 3.17. The second-order valence-corrected chi connectivity index (χ2v) is 5.66. The minimum Gasteiger partial charge on any atom is -0.351 e. The minimum absolute atomic E-state index is 0.108. The molecule has 0 heterocycles. The Balaban J connectivity index is 5.84. The van der Waals surface area contributed by atoms with Gasteiger partial charge in [-0.2, -0.15) is 43.9 Å². The zero-order valence-corrected chi connectivity index (χ0v) is 13.0. The summed E-state index contributed by atoms with van der Waals surface area (Å²) < 4.78 is 154. The first-order valence-electron chi connectivity index (χ1n) is 6.74. The Kier molecular flexibility index (Phi) is 6.94. The van der Waals surface area contributed by atoms with E-state index in [1.807, 2.05) is 0 Å². The largest absolute Gasteiger partial charge is 0.392 e. The van der Waals surface area contributed by atoms with Crippen molar-refractivity contribution >= 4 is 5.91 Å². The molecule has 156 valence electrons. The molecule has 2 nitrogen and oxygen atoms in total. The van der Waals surface area contributed by atoms with Crippen molar-refractivity contribution in [1.82, 2.24) is 5.32 Å². The highest BCUT2D eigenvalue weighted by Gasteiger charge is 2.89. The van der Waals surface area contributed by atoms with Gasteiger partial charge in [0.05, 0.1) is 0 Å². The average Bonchev–Trinajstić information content (AvgIpc) is 2.45. The number of halogens is 12. The fourth-order valence-corrected chi connectivity index (χ4v) is 1.47. The highest BCUT2D eigenvalue weighted by Crippen LogP contribution is 2.58. The monoisotopic (exact) mass is 415 g/mol. The molecule has 0 aromatic rings. The van der Waals surface area contributed by atoms with Crippen molar-refractivity contribution in [2.75, 3.05) is 6.54 Å². The molecule has 0 unspecified atom stereocenters. The Hall–Kier alpha value is -1.37. The second kappa shape index (κ2) is 7.33. The van der Waals surface area contributed by atoms with Crippen molar-refractivity contribution in [3.05, 3.63) is 0 Å². The summed E-state index contributed by atoms with van der Waals surface area (Å²) in [7, 11) is 0. The van der Waals surface area contributed by atoms with Crippen molar-refractivity contribution < 1.29 is 57.5 Å². The van der Waals surface area contributed by atoms with Crippen molar-refractivity contribution in [3.8, 4) is 0 Å². The van der Waals surface area contributed by atoms with Gasteiger partial charge in [-0.3, -0.25) is 4.79 Å². The molecule has 0 aliphatic heterocycles. The minimum atomic E-state index is -7.70. The van der Waals surface area contributed by atoms with Crippen molar-refractivity contribution in [2.24, 2.45) is 5.92 Å². The Labute approximate surface area is 138 Å². The van der Waals surface area contributed by atoms with E-state index >= 15 is 0 Å². The molecular formula is C12H13F12NO. The third kappa shape index (κ3) is 3.82.